The van der Waals surface area contributed by atoms with E-state index in [0.29, 0.717) is 0 Å². The molecule has 14 heavy (non-hydrogen) atoms. The van der Waals surface area contributed by atoms with Gasteiger partial charge in [0.1, 0.15) is 5.75 Å². The van der Waals surface area contributed by atoms with E-state index >= 15 is 0 Å². The summed E-state index contributed by atoms with van der Waals surface area (Å²) < 4.78 is 6.31. The van der Waals surface area contributed by atoms with Crippen LogP contribution < -0.4 is 10.5 Å². The van der Waals surface area contributed by atoms with Gasteiger partial charge < -0.3 is 10.5 Å². The smallest absolute Gasteiger partial charge is 0.136 e. The van der Waals surface area contributed by atoms with Gasteiger partial charge in [0.25, 0.3) is 0 Å². The van der Waals surface area contributed by atoms with Gasteiger partial charge in [-0.2, -0.15) is 0 Å². The average Bonchev–Trinajstić information content (AvgIpc) is 2.18. The Labute approximate surface area is 93.6 Å². The normalized spacial score (nSPS) is 12.6. The molecule has 1 rings (SSSR count). The summed E-state index contributed by atoms with van der Waals surface area (Å²) in [7, 11) is 1.68. The largest absolute Gasteiger partial charge is 0.495 e. The summed E-state index contributed by atoms with van der Waals surface area (Å²) in [6.45, 7) is 2.09. The summed E-state index contributed by atoms with van der Waals surface area (Å²) in [4.78, 5) is 0. The van der Waals surface area contributed by atoms with Crippen molar-refractivity contribution in [3.05, 3.63) is 28.2 Å². The lowest BCUT2D eigenvalue weighted by Crippen LogP contribution is -2.21. The van der Waals surface area contributed by atoms with Gasteiger partial charge in [-0.25, -0.2) is 0 Å². The minimum Gasteiger partial charge on any atom is -0.495 e. The third kappa shape index (κ3) is 2.72. The van der Waals surface area contributed by atoms with E-state index in [2.05, 4.69) is 28.9 Å². The van der Waals surface area contributed by atoms with E-state index < -0.39 is 0 Å². The van der Waals surface area contributed by atoms with E-state index in [4.69, 9.17) is 10.5 Å². The van der Waals surface area contributed by atoms with Crippen LogP contribution in [0.25, 0.3) is 0 Å². The second-order valence-corrected chi connectivity index (χ2v) is 4.16. The van der Waals surface area contributed by atoms with Gasteiger partial charge in [0.15, 0.2) is 0 Å². The highest BCUT2D eigenvalue weighted by molar-refractivity contribution is 9.10. The van der Waals surface area contributed by atoms with Gasteiger partial charge in [-0.1, -0.05) is 19.1 Å². The number of hydrogen-bond donors (Lipinski definition) is 1. The van der Waals surface area contributed by atoms with Crippen molar-refractivity contribution in [3.63, 3.8) is 0 Å². The molecule has 0 aliphatic heterocycles. The molecule has 0 aromatic heterocycles. The first-order chi connectivity index (χ1) is 6.69. The molecule has 0 bridgehead atoms. The minimum absolute atomic E-state index is 0.207. The third-order valence-electron chi connectivity index (χ3n) is 2.26. The van der Waals surface area contributed by atoms with Gasteiger partial charge in [-0.05, 0) is 40.4 Å². The fraction of sp³-hybridized carbons (Fsp3) is 0.455. The molecule has 0 fully saturated rings. The van der Waals surface area contributed by atoms with Crippen LogP contribution in [0.15, 0.2) is 22.7 Å². The summed E-state index contributed by atoms with van der Waals surface area (Å²) >= 11 is 3.45. The first-order valence-corrected chi connectivity index (χ1v) is 5.55. The zero-order valence-electron chi connectivity index (χ0n) is 8.59. The standard InChI is InChI=1S/C11H16BrNO/c1-3-9(13)7-8-5-4-6-10(12)11(8)14-2/h4-6,9H,3,7,13H2,1-2H3. The van der Waals surface area contributed by atoms with Gasteiger partial charge in [0.2, 0.25) is 0 Å². The molecule has 0 heterocycles. The van der Waals surface area contributed by atoms with Crippen molar-refractivity contribution in [3.8, 4) is 5.75 Å². The molecule has 2 nitrogen and oxygen atoms in total. The fourth-order valence-electron chi connectivity index (χ4n) is 1.37. The molecule has 0 saturated carbocycles. The third-order valence-corrected chi connectivity index (χ3v) is 2.88. The number of nitrogens with two attached hydrogens (primary N) is 1. The Kier molecular flexibility index (Phi) is 4.42. The average molecular weight is 258 g/mol. The summed E-state index contributed by atoms with van der Waals surface area (Å²) in [6, 6.07) is 6.24. The summed E-state index contributed by atoms with van der Waals surface area (Å²) in [5, 5.41) is 0. The summed E-state index contributed by atoms with van der Waals surface area (Å²) in [5.41, 5.74) is 7.07. The maximum absolute atomic E-state index is 5.91. The molecule has 0 aliphatic rings. The molecule has 2 N–H and O–H groups in total. The number of halogens is 1. The number of ether oxygens (including phenoxy) is 1. The van der Waals surface area contributed by atoms with Crippen LogP contribution in [-0.2, 0) is 6.42 Å². The first kappa shape index (κ1) is 11.5. The van der Waals surface area contributed by atoms with Crippen molar-refractivity contribution >= 4 is 15.9 Å². The van der Waals surface area contributed by atoms with Crippen molar-refractivity contribution in [2.75, 3.05) is 7.11 Å². The molecule has 0 amide bonds. The van der Waals surface area contributed by atoms with Crippen LogP contribution in [0.3, 0.4) is 0 Å². The van der Waals surface area contributed by atoms with Gasteiger partial charge >= 0.3 is 0 Å². The fourth-order valence-corrected chi connectivity index (χ4v) is 1.94. The van der Waals surface area contributed by atoms with E-state index in [-0.39, 0.29) is 6.04 Å². The van der Waals surface area contributed by atoms with E-state index in [1.54, 1.807) is 7.11 Å². The van der Waals surface area contributed by atoms with Gasteiger partial charge in [0, 0.05) is 6.04 Å². The topological polar surface area (TPSA) is 35.2 Å². The Hall–Kier alpha value is -0.540. The Morgan fingerprint density at radius 2 is 2.21 bits per heavy atom. The van der Waals surface area contributed by atoms with Crippen molar-refractivity contribution in [2.45, 2.75) is 25.8 Å². The van der Waals surface area contributed by atoms with Gasteiger partial charge in [0.05, 0.1) is 11.6 Å². The van der Waals surface area contributed by atoms with Crippen LogP contribution in [-0.4, -0.2) is 13.2 Å². The van der Waals surface area contributed by atoms with Crippen molar-refractivity contribution in [1.82, 2.24) is 0 Å². The highest BCUT2D eigenvalue weighted by Gasteiger charge is 2.09. The van der Waals surface area contributed by atoms with Crippen LogP contribution in [0.2, 0.25) is 0 Å². The molecular weight excluding hydrogens is 242 g/mol. The lowest BCUT2D eigenvalue weighted by Gasteiger charge is -2.13. The maximum Gasteiger partial charge on any atom is 0.136 e. The van der Waals surface area contributed by atoms with Crippen molar-refractivity contribution in [1.29, 1.82) is 0 Å². The quantitative estimate of drug-likeness (QED) is 0.901. The molecule has 1 atom stereocenters. The number of para-hydroxylation sites is 1. The van der Waals surface area contributed by atoms with Gasteiger partial charge in [-0.15, -0.1) is 0 Å². The van der Waals surface area contributed by atoms with E-state index in [9.17, 15) is 0 Å². The van der Waals surface area contributed by atoms with E-state index in [0.717, 1.165) is 28.6 Å². The van der Waals surface area contributed by atoms with Crippen LogP contribution in [0, 0.1) is 0 Å². The van der Waals surface area contributed by atoms with E-state index in [1.165, 1.54) is 0 Å². The Morgan fingerprint density at radius 1 is 1.50 bits per heavy atom. The van der Waals surface area contributed by atoms with Crippen LogP contribution in [0.1, 0.15) is 18.9 Å². The van der Waals surface area contributed by atoms with Crippen LogP contribution in [0.4, 0.5) is 0 Å². The second-order valence-electron chi connectivity index (χ2n) is 3.30. The molecule has 0 spiro atoms. The van der Waals surface area contributed by atoms with Crippen molar-refractivity contribution in [2.24, 2.45) is 5.73 Å². The highest BCUT2D eigenvalue weighted by atomic mass is 79.9. The zero-order chi connectivity index (χ0) is 10.6. The molecule has 3 heteroatoms. The molecule has 0 saturated heterocycles. The monoisotopic (exact) mass is 257 g/mol. The molecule has 1 unspecified atom stereocenters. The summed E-state index contributed by atoms with van der Waals surface area (Å²) in [6.07, 6.45) is 1.84. The SMILES string of the molecule is CCC(N)Cc1cccc(Br)c1OC. The maximum atomic E-state index is 5.91. The number of rotatable bonds is 4. The molecule has 1 aromatic carbocycles. The molecule has 0 radical (unpaired) electrons. The van der Waals surface area contributed by atoms with Crippen molar-refractivity contribution < 1.29 is 4.74 Å². The summed E-state index contributed by atoms with van der Waals surface area (Å²) in [5.74, 6) is 0.899. The zero-order valence-corrected chi connectivity index (χ0v) is 10.2. The Bertz CT molecular complexity index is 301. The molecule has 1 aromatic rings. The van der Waals surface area contributed by atoms with Crippen LogP contribution >= 0.6 is 15.9 Å². The second kappa shape index (κ2) is 5.37. The predicted octanol–water partition coefficient (Wildman–Crippen LogP) is 2.74. The number of benzene rings is 1. The number of methoxy groups -OCH3 is 1. The van der Waals surface area contributed by atoms with Gasteiger partial charge in [-0.3, -0.25) is 0 Å². The lowest BCUT2D eigenvalue weighted by molar-refractivity contribution is 0.405. The molecule has 0 aliphatic carbocycles. The van der Waals surface area contributed by atoms with E-state index in [1.807, 2.05) is 12.1 Å². The molecular formula is C11H16BrNO. The predicted molar refractivity (Wildman–Crippen MR) is 62.7 cm³/mol. The lowest BCUT2D eigenvalue weighted by atomic mass is 10.0. The molecule has 78 valence electrons. The minimum atomic E-state index is 0.207. The van der Waals surface area contributed by atoms with Crippen LogP contribution in [0.5, 0.6) is 5.75 Å². The Balaban J connectivity index is 2.90. The Morgan fingerprint density at radius 3 is 2.79 bits per heavy atom. The first-order valence-electron chi connectivity index (χ1n) is 4.76. The number of hydrogen-bond acceptors (Lipinski definition) is 2. The highest BCUT2D eigenvalue weighted by Crippen LogP contribution is 2.29.